The number of ether oxygens (including phenoxy) is 2. The molecule has 4 nitrogen and oxygen atoms in total. The zero-order valence-electron chi connectivity index (χ0n) is 9.50. The van der Waals surface area contributed by atoms with E-state index in [-0.39, 0.29) is 11.3 Å². The highest BCUT2D eigenvalue weighted by Crippen LogP contribution is 2.29. The summed E-state index contributed by atoms with van der Waals surface area (Å²) in [5.41, 5.74) is -0.112. The van der Waals surface area contributed by atoms with E-state index >= 15 is 0 Å². The molecule has 1 aromatic rings. The van der Waals surface area contributed by atoms with Crippen LogP contribution in [0.25, 0.3) is 0 Å². The third-order valence-electron chi connectivity index (χ3n) is 1.97. The number of halogens is 3. The molecular formula is C11H9F3O4. The highest BCUT2D eigenvalue weighted by molar-refractivity contribution is 6.43. The summed E-state index contributed by atoms with van der Waals surface area (Å²) in [7, 11) is 1.17. The van der Waals surface area contributed by atoms with Crippen LogP contribution < -0.4 is 9.47 Å². The maximum atomic E-state index is 12.0. The van der Waals surface area contributed by atoms with Gasteiger partial charge in [0.05, 0.1) is 12.7 Å². The normalized spacial score (nSPS) is 10.9. The van der Waals surface area contributed by atoms with E-state index in [0.29, 0.717) is 0 Å². The predicted octanol–water partition coefficient (Wildman–Crippen LogP) is 2.37. The van der Waals surface area contributed by atoms with Crippen molar-refractivity contribution in [3.05, 3.63) is 23.8 Å². The molecule has 98 valence electrons. The Morgan fingerprint density at radius 2 is 1.83 bits per heavy atom. The molecule has 18 heavy (non-hydrogen) atoms. The Morgan fingerprint density at radius 1 is 1.22 bits per heavy atom. The predicted molar refractivity (Wildman–Crippen MR) is 54.7 cm³/mol. The zero-order chi connectivity index (χ0) is 13.9. The van der Waals surface area contributed by atoms with Gasteiger partial charge in [-0.3, -0.25) is 9.59 Å². The molecule has 1 rings (SSSR count). The van der Waals surface area contributed by atoms with Crippen LogP contribution >= 0.6 is 0 Å². The number of carbonyl (C=O) groups excluding carboxylic acids is 2. The maximum absolute atomic E-state index is 12.0. The molecule has 0 heterocycles. The van der Waals surface area contributed by atoms with Gasteiger partial charge in [0.25, 0.3) is 0 Å². The zero-order valence-corrected chi connectivity index (χ0v) is 9.50. The van der Waals surface area contributed by atoms with Crippen LogP contribution in [0.5, 0.6) is 11.5 Å². The van der Waals surface area contributed by atoms with Crippen molar-refractivity contribution < 1.29 is 32.2 Å². The van der Waals surface area contributed by atoms with Crippen molar-refractivity contribution in [3.63, 3.8) is 0 Å². The number of methoxy groups -OCH3 is 1. The number of Topliss-reactive ketones (excluding diaryl/α,β-unsaturated/α-hetero) is 2. The first kappa shape index (κ1) is 14.0. The van der Waals surface area contributed by atoms with Gasteiger partial charge in [0.2, 0.25) is 5.78 Å². The molecule has 0 unspecified atom stereocenters. The molecule has 0 bridgehead atoms. The molecule has 0 fully saturated rings. The molecular weight excluding hydrogens is 253 g/mol. The molecule has 0 atom stereocenters. The van der Waals surface area contributed by atoms with E-state index < -0.39 is 23.7 Å². The molecule has 0 saturated carbocycles. The van der Waals surface area contributed by atoms with E-state index in [0.717, 1.165) is 25.1 Å². The molecule has 1 aromatic carbocycles. The average Bonchev–Trinajstić information content (AvgIpc) is 2.25. The molecule has 0 radical (unpaired) electrons. The number of hydrogen-bond acceptors (Lipinski definition) is 4. The van der Waals surface area contributed by atoms with Crippen molar-refractivity contribution >= 4 is 11.6 Å². The quantitative estimate of drug-likeness (QED) is 0.617. The Hall–Kier alpha value is -2.05. The fourth-order valence-electron chi connectivity index (χ4n) is 1.25. The molecule has 7 heteroatoms. The van der Waals surface area contributed by atoms with E-state index in [1.54, 1.807) is 0 Å². The fraction of sp³-hybridized carbons (Fsp3) is 0.273. The lowest BCUT2D eigenvalue weighted by Crippen LogP contribution is -2.17. The monoisotopic (exact) mass is 262 g/mol. The minimum absolute atomic E-state index is 0.112. The van der Waals surface area contributed by atoms with Crippen molar-refractivity contribution in [2.45, 2.75) is 13.3 Å². The van der Waals surface area contributed by atoms with Crippen LogP contribution in [-0.4, -0.2) is 25.0 Å². The van der Waals surface area contributed by atoms with Crippen LogP contribution in [0.2, 0.25) is 0 Å². The number of ketones is 2. The average molecular weight is 262 g/mol. The second-order valence-corrected chi connectivity index (χ2v) is 3.30. The molecule has 0 amide bonds. The Morgan fingerprint density at radius 3 is 2.28 bits per heavy atom. The third-order valence-corrected chi connectivity index (χ3v) is 1.97. The van der Waals surface area contributed by atoms with Crippen molar-refractivity contribution in [1.29, 1.82) is 0 Å². The van der Waals surface area contributed by atoms with E-state index in [2.05, 4.69) is 4.74 Å². The number of hydrogen-bond donors (Lipinski definition) is 0. The van der Waals surface area contributed by atoms with Crippen molar-refractivity contribution in [1.82, 2.24) is 0 Å². The van der Waals surface area contributed by atoms with Crippen LogP contribution in [0, 0.1) is 0 Å². The minimum atomic E-state index is -4.84. The fourth-order valence-corrected chi connectivity index (χ4v) is 1.25. The SMILES string of the molecule is COc1cc(OC(F)(F)F)ccc1C(=O)C(C)=O. The first-order valence-corrected chi connectivity index (χ1v) is 4.73. The van der Waals surface area contributed by atoms with Gasteiger partial charge in [0.1, 0.15) is 11.5 Å². The van der Waals surface area contributed by atoms with Crippen LogP contribution in [0.1, 0.15) is 17.3 Å². The lowest BCUT2D eigenvalue weighted by atomic mass is 10.1. The number of rotatable bonds is 4. The summed E-state index contributed by atoms with van der Waals surface area (Å²) in [6, 6.07) is 2.87. The highest BCUT2D eigenvalue weighted by Gasteiger charge is 2.31. The summed E-state index contributed by atoms with van der Waals surface area (Å²) < 4.78 is 44.4. The molecule has 0 saturated heterocycles. The van der Waals surface area contributed by atoms with Crippen LogP contribution in [0.4, 0.5) is 13.2 Å². The number of carbonyl (C=O) groups is 2. The van der Waals surface area contributed by atoms with Crippen LogP contribution in [-0.2, 0) is 4.79 Å². The first-order chi connectivity index (χ1) is 8.24. The van der Waals surface area contributed by atoms with Gasteiger partial charge >= 0.3 is 6.36 Å². The lowest BCUT2D eigenvalue weighted by molar-refractivity contribution is -0.274. The second kappa shape index (κ2) is 5.07. The van der Waals surface area contributed by atoms with Gasteiger partial charge in [-0.05, 0) is 12.1 Å². The first-order valence-electron chi connectivity index (χ1n) is 4.73. The van der Waals surface area contributed by atoms with Crippen LogP contribution in [0.3, 0.4) is 0 Å². The maximum Gasteiger partial charge on any atom is 0.573 e. The van der Waals surface area contributed by atoms with Gasteiger partial charge in [-0.25, -0.2) is 0 Å². The van der Waals surface area contributed by atoms with Crippen molar-refractivity contribution in [2.24, 2.45) is 0 Å². The van der Waals surface area contributed by atoms with E-state index in [4.69, 9.17) is 4.74 Å². The molecule has 0 spiro atoms. The van der Waals surface area contributed by atoms with Gasteiger partial charge in [0.15, 0.2) is 5.78 Å². The van der Waals surface area contributed by atoms with Gasteiger partial charge in [-0.1, -0.05) is 0 Å². The number of benzene rings is 1. The highest BCUT2D eigenvalue weighted by atomic mass is 19.4. The topological polar surface area (TPSA) is 52.6 Å². The summed E-state index contributed by atoms with van der Waals surface area (Å²) >= 11 is 0. The van der Waals surface area contributed by atoms with Gasteiger partial charge in [-0.15, -0.1) is 13.2 Å². The van der Waals surface area contributed by atoms with Crippen molar-refractivity contribution in [3.8, 4) is 11.5 Å². The van der Waals surface area contributed by atoms with Crippen LogP contribution in [0.15, 0.2) is 18.2 Å². The standard InChI is InChI=1S/C11H9F3O4/c1-6(15)10(16)8-4-3-7(5-9(8)17-2)18-11(12,13)14/h3-5H,1-2H3. The summed E-state index contributed by atoms with van der Waals surface area (Å²) in [6.45, 7) is 1.06. The Balaban J connectivity index is 3.12. The second-order valence-electron chi connectivity index (χ2n) is 3.30. The minimum Gasteiger partial charge on any atom is -0.496 e. The summed E-state index contributed by atoms with van der Waals surface area (Å²) in [5.74, 6) is -2.26. The van der Waals surface area contributed by atoms with E-state index in [9.17, 15) is 22.8 Å². The molecule has 0 aliphatic rings. The van der Waals surface area contributed by atoms with E-state index in [1.807, 2.05) is 0 Å². The third kappa shape index (κ3) is 3.47. The molecule has 0 aliphatic heterocycles. The summed E-state index contributed by atoms with van der Waals surface area (Å²) in [5, 5.41) is 0. The smallest absolute Gasteiger partial charge is 0.496 e. The van der Waals surface area contributed by atoms with Gasteiger partial charge in [-0.2, -0.15) is 0 Å². The lowest BCUT2D eigenvalue weighted by Gasteiger charge is -2.11. The Bertz CT molecular complexity index is 480. The summed E-state index contributed by atoms with van der Waals surface area (Å²) in [6.07, 6.45) is -4.84. The van der Waals surface area contributed by atoms with Crippen molar-refractivity contribution in [2.75, 3.05) is 7.11 Å². The number of alkyl halides is 3. The van der Waals surface area contributed by atoms with Gasteiger partial charge in [0, 0.05) is 13.0 Å². The summed E-state index contributed by atoms with van der Waals surface area (Å²) in [4.78, 5) is 22.3. The molecule has 0 aromatic heterocycles. The Kier molecular flexibility index (Phi) is 3.95. The Labute approximate surface area is 100 Å². The largest absolute Gasteiger partial charge is 0.573 e. The van der Waals surface area contributed by atoms with Gasteiger partial charge < -0.3 is 9.47 Å². The molecule has 0 N–H and O–H groups in total. The molecule has 0 aliphatic carbocycles. The van der Waals surface area contributed by atoms with E-state index in [1.165, 1.54) is 7.11 Å².